The fourth-order valence-corrected chi connectivity index (χ4v) is 9.62. The predicted octanol–water partition coefficient (Wildman–Crippen LogP) is 3.59. The third kappa shape index (κ3) is 2.76. The molecule has 0 aliphatic heterocycles. The van der Waals surface area contributed by atoms with Crippen LogP contribution in [0.2, 0.25) is 0 Å². The second-order valence-electron chi connectivity index (χ2n) is 5.16. The van der Waals surface area contributed by atoms with E-state index in [0.717, 1.165) is 0 Å². The van der Waals surface area contributed by atoms with Crippen LogP contribution in [0.3, 0.4) is 0 Å². The molecule has 22 heavy (non-hydrogen) atoms. The fourth-order valence-electron chi connectivity index (χ4n) is 2.41. The molecule has 108 valence electrons. The molecular weight excluding hydrogens is 418 g/mol. The quantitative estimate of drug-likeness (QED) is 0.435. The van der Waals surface area contributed by atoms with Crippen molar-refractivity contribution in [2.75, 3.05) is 0 Å². The zero-order chi connectivity index (χ0) is 14.9. The molecule has 0 N–H and O–H groups in total. The number of hydrogen-bond donors (Lipinski definition) is 0. The van der Waals surface area contributed by atoms with Crippen LogP contribution in [-0.4, -0.2) is 29.5 Å². The van der Waals surface area contributed by atoms with E-state index in [1.165, 1.54) is 21.0 Å². The standard InChI is InChI=1S/C19H14SSe2/c1-13-7-9-14(10-8-13)17-18(16-11-12-20-19(16)22-17)21-15-5-3-2-4-6-15/h2-12H,1H3. The Hall–Kier alpha value is -1.08. The first-order valence-electron chi connectivity index (χ1n) is 7.11. The fraction of sp³-hybridized carbons (Fsp3) is 0.0526. The topological polar surface area (TPSA) is 0 Å². The van der Waals surface area contributed by atoms with Crippen LogP contribution in [0, 0.1) is 6.92 Å². The van der Waals surface area contributed by atoms with Gasteiger partial charge in [-0.05, 0) is 0 Å². The zero-order valence-corrected chi connectivity index (χ0v) is 16.3. The summed E-state index contributed by atoms with van der Waals surface area (Å²) in [4.78, 5) is 0. The van der Waals surface area contributed by atoms with Crippen molar-refractivity contribution in [3.63, 3.8) is 0 Å². The molecule has 0 fully saturated rings. The third-order valence-corrected chi connectivity index (χ3v) is 10.5. The Bertz CT molecular complexity index is 902. The molecule has 0 radical (unpaired) electrons. The van der Waals surface area contributed by atoms with Crippen LogP contribution in [0.1, 0.15) is 5.56 Å². The van der Waals surface area contributed by atoms with Crippen molar-refractivity contribution in [3.8, 4) is 10.0 Å². The molecule has 4 aromatic rings. The molecule has 0 unspecified atom stereocenters. The van der Waals surface area contributed by atoms with Crippen molar-refractivity contribution in [2.45, 2.75) is 6.92 Å². The van der Waals surface area contributed by atoms with Gasteiger partial charge in [0, 0.05) is 0 Å². The number of hydrogen-bond acceptors (Lipinski definition) is 1. The summed E-state index contributed by atoms with van der Waals surface area (Å²) < 4.78 is 6.25. The molecule has 2 aromatic heterocycles. The van der Waals surface area contributed by atoms with Gasteiger partial charge in [-0.15, -0.1) is 0 Å². The molecular formula is C19H14SSe2. The summed E-state index contributed by atoms with van der Waals surface area (Å²) >= 11 is 2.77. The SMILES string of the molecule is Cc1ccc(-c2[se]c3sccc3c2[Se]c2ccccc2)cc1. The minimum absolute atomic E-state index is 0.384. The number of aryl methyl sites for hydroxylation is 1. The van der Waals surface area contributed by atoms with Crippen LogP contribution in [0.15, 0.2) is 66.0 Å². The van der Waals surface area contributed by atoms with E-state index in [4.69, 9.17) is 0 Å². The number of fused-ring (bicyclic) bond motifs is 1. The van der Waals surface area contributed by atoms with E-state index in [1.807, 2.05) is 11.3 Å². The molecule has 0 amide bonds. The van der Waals surface area contributed by atoms with Crippen LogP contribution in [0.4, 0.5) is 0 Å². The van der Waals surface area contributed by atoms with Crippen molar-refractivity contribution >= 4 is 58.7 Å². The van der Waals surface area contributed by atoms with Crippen molar-refractivity contribution in [3.05, 3.63) is 71.6 Å². The molecule has 0 bridgehead atoms. The van der Waals surface area contributed by atoms with Gasteiger partial charge in [0.05, 0.1) is 0 Å². The van der Waals surface area contributed by atoms with E-state index in [0.29, 0.717) is 29.5 Å². The molecule has 0 saturated carbocycles. The first kappa shape index (κ1) is 14.5. The van der Waals surface area contributed by atoms with Gasteiger partial charge < -0.3 is 0 Å². The Morgan fingerprint density at radius 3 is 2.45 bits per heavy atom. The Labute approximate surface area is 146 Å². The summed E-state index contributed by atoms with van der Waals surface area (Å²) in [6.07, 6.45) is 0. The van der Waals surface area contributed by atoms with Crippen molar-refractivity contribution in [1.29, 1.82) is 0 Å². The minimum atomic E-state index is 0.384. The van der Waals surface area contributed by atoms with Crippen molar-refractivity contribution in [1.82, 2.24) is 0 Å². The first-order chi connectivity index (χ1) is 10.8. The van der Waals surface area contributed by atoms with E-state index < -0.39 is 0 Å². The van der Waals surface area contributed by atoms with Gasteiger partial charge in [-0.2, -0.15) is 0 Å². The van der Waals surface area contributed by atoms with Gasteiger partial charge in [0.2, 0.25) is 0 Å². The second kappa shape index (κ2) is 6.20. The first-order valence-corrected chi connectivity index (χ1v) is 11.4. The summed E-state index contributed by atoms with van der Waals surface area (Å²) in [5.41, 5.74) is 2.75. The van der Waals surface area contributed by atoms with E-state index in [1.54, 1.807) is 12.5 Å². The van der Waals surface area contributed by atoms with Crippen LogP contribution in [0.25, 0.3) is 19.0 Å². The summed E-state index contributed by atoms with van der Waals surface area (Å²) in [5, 5.41) is 3.77. The van der Waals surface area contributed by atoms with Crippen LogP contribution < -0.4 is 8.92 Å². The van der Waals surface area contributed by atoms with Gasteiger partial charge in [0.1, 0.15) is 0 Å². The molecule has 3 heteroatoms. The predicted molar refractivity (Wildman–Crippen MR) is 100 cm³/mol. The maximum atomic E-state index is 2.32. The van der Waals surface area contributed by atoms with Gasteiger partial charge in [-0.1, -0.05) is 0 Å². The molecule has 2 aromatic carbocycles. The molecule has 0 atom stereocenters. The third-order valence-electron chi connectivity index (χ3n) is 3.55. The van der Waals surface area contributed by atoms with Crippen LogP contribution in [-0.2, 0) is 0 Å². The molecule has 4 rings (SSSR count). The Morgan fingerprint density at radius 1 is 0.909 bits per heavy atom. The molecule has 0 aliphatic carbocycles. The van der Waals surface area contributed by atoms with Gasteiger partial charge in [-0.3, -0.25) is 0 Å². The van der Waals surface area contributed by atoms with Crippen molar-refractivity contribution < 1.29 is 0 Å². The van der Waals surface area contributed by atoms with E-state index in [9.17, 15) is 0 Å². The molecule has 0 nitrogen and oxygen atoms in total. The summed E-state index contributed by atoms with van der Waals surface area (Å²) in [5.74, 6) is 0. The number of thiophene rings is 1. The molecule has 0 saturated heterocycles. The second-order valence-corrected chi connectivity index (χ2v) is 11.1. The summed E-state index contributed by atoms with van der Waals surface area (Å²) in [6, 6.07) is 22.3. The summed E-state index contributed by atoms with van der Waals surface area (Å²) in [7, 11) is 0. The Kier molecular flexibility index (Phi) is 4.09. The molecule has 0 aliphatic rings. The normalized spacial score (nSPS) is 11.1. The van der Waals surface area contributed by atoms with E-state index in [-0.39, 0.29) is 0 Å². The van der Waals surface area contributed by atoms with Gasteiger partial charge in [-0.25, -0.2) is 0 Å². The molecule has 0 spiro atoms. The van der Waals surface area contributed by atoms with Gasteiger partial charge >= 0.3 is 147 Å². The zero-order valence-electron chi connectivity index (χ0n) is 12.1. The van der Waals surface area contributed by atoms with Gasteiger partial charge in [0.15, 0.2) is 0 Å². The monoisotopic (exact) mass is 434 g/mol. The van der Waals surface area contributed by atoms with E-state index in [2.05, 4.69) is 73.0 Å². The van der Waals surface area contributed by atoms with Gasteiger partial charge in [0.25, 0.3) is 0 Å². The summed E-state index contributed by atoms with van der Waals surface area (Å²) in [6.45, 7) is 2.16. The van der Waals surface area contributed by atoms with E-state index >= 15 is 0 Å². The van der Waals surface area contributed by atoms with Crippen LogP contribution in [0.5, 0.6) is 0 Å². The van der Waals surface area contributed by atoms with Crippen LogP contribution >= 0.6 is 11.3 Å². The average molecular weight is 432 g/mol. The average Bonchev–Trinajstić information content (AvgIpc) is 3.12. The Balaban J connectivity index is 1.86. The number of rotatable bonds is 3. The number of benzene rings is 2. The maximum absolute atomic E-state index is 2.32. The van der Waals surface area contributed by atoms with Crippen molar-refractivity contribution in [2.24, 2.45) is 0 Å². The Morgan fingerprint density at radius 2 is 1.68 bits per heavy atom. The molecule has 2 heterocycles.